The average molecular weight is 334 g/mol. The number of rotatable bonds is 10. The predicted molar refractivity (Wildman–Crippen MR) is 86.6 cm³/mol. The first-order chi connectivity index (χ1) is 10.0. The molecule has 0 aliphatic heterocycles. The summed E-state index contributed by atoms with van der Waals surface area (Å²) >= 11 is 1.72. The van der Waals surface area contributed by atoms with Crippen LogP contribution in [0.2, 0.25) is 0 Å². The highest BCUT2D eigenvalue weighted by molar-refractivity contribution is 7.98. The van der Waals surface area contributed by atoms with Crippen LogP contribution in [0.25, 0.3) is 0 Å². The van der Waals surface area contributed by atoms with Gasteiger partial charge in [-0.15, -0.1) is 0 Å². The lowest BCUT2D eigenvalue weighted by atomic mass is 10.2. The highest BCUT2D eigenvalue weighted by atomic mass is 32.2. The maximum Gasteiger partial charge on any atom is 0.243 e. The van der Waals surface area contributed by atoms with Crippen LogP contribution in [0.3, 0.4) is 0 Å². The largest absolute Gasteiger partial charge is 0.313 e. The number of benzene rings is 1. The molecule has 21 heavy (non-hydrogen) atoms. The van der Waals surface area contributed by atoms with Gasteiger partial charge in [-0.3, -0.25) is 0 Å². The third-order valence-corrected chi connectivity index (χ3v) is 5.12. The minimum atomic E-state index is -3.77. The van der Waals surface area contributed by atoms with Crippen LogP contribution < -0.4 is 10.0 Å². The molecular weight excluding hydrogens is 311 g/mol. The summed E-state index contributed by atoms with van der Waals surface area (Å²) in [4.78, 5) is -0.285. The number of hydrogen-bond acceptors (Lipinski definition) is 4. The van der Waals surface area contributed by atoms with Crippen LogP contribution in [0.1, 0.15) is 25.3 Å². The van der Waals surface area contributed by atoms with Crippen molar-refractivity contribution < 1.29 is 12.8 Å². The van der Waals surface area contributed by atoms with Crippen molar-refractivity contribution in [1.29, 1.82) is 0 Å². The zero-order valence-electron chi connectivity index (χ0n) is 12.5. The van der Waals surface area contributed by atoms with Crippen molar-refractivity contribution in [1.82, 2.24) is 10.0 Å². The van der Waals surface area contributed by atoms with Crippen LogP contribution in [0.5, 0.6) is 0 Å². The fraction of sp³-hybridized carbons (Fsp3) is 0.571. The number of sulfonamides is 1. The van der Waals surface area contributed by atoms with Crippen LogP contribution >= 0.6 is 11.8 Å². The van der Waals surface area contributed by atoms with E-state index >= 15 is 0 Å². The fourth-order valence-electron chi connectivity index (χ4n) is 1.80. The van der Waals surface area contributed by atoms with E-state index in [-0.39, 0.29) is 4.90 Å². The Kier molecular flexibility index (Phi) is 8.24. The minimum Gasteiger partial charge on any atom is -0.313 e. The van der Waals surface area contributed by atoms with Crippen molar-refractivity contribution >= 4 is 21.8 Å². The lowest BCUT2D eigenvalue weighted by Crippen LogP contribution is -2.26. The van der Waals surface area contributed by atoms with Crippen molar-refractivity contribution in [3.63, 3.8) is 0 Å². The lowest BCUT2D eigenvalue weighted by molar-refractivity contribution is 0.553. The highest BCUT2D eigenvalue weighted by Crippen LogP contribution is 2.16. The molecule has 0 bridgehead atoms. The van der Waals surface area contributed by atoms with Crippen molar-refractivity contribution in [3.8, 4) is 0 Å². The van der Waals surface area contributed by atoms with Gasteiger partial charge in [-0.05, 0) is 49.1 Å². The number of thioether (sulfide) groups is 1. The van der Waals surface area contributed by atoms with Gasteiger partial charge in [0.1, 0.15) is 10.7 Å². The standard InChI is InChI=1S/C14H23FN2O2S2/c1-3-16-11-12-6-7-14(13(15)10-12)21(18,19)17-8-4-5-9-20-2/h6-7,10,16-17H,3-5,8-9,11H2,1-2H3. The van der Waals surface area contributed by atoms with Crippen LogP contribution in [0.15, 0.2) is 23.1 Å². The van der Waals surface area contributed by atoms with E-state index in [0.717, 1.165) is 30.7 Å². The quantitative estimate of drug-likeness (QED) is 0.645. The Labute approximate surface area is 131 Å². The molecule has 0 fully saturated rings. The van der Waals surface area contributed by atoms with Crippen LogP contribution in [0, 0.1) is 5.82 Å². The molecule has 0 radical (unpaired) electrons. The SMILES string of the molecule is CCNCc1ccc(S(=O)(=O)NCCCCSC)c(F)c1. The van der Waals surface area contributed by atoms with Crippen LogP contribution in [0.4, 0.5) is 4.39 Å². The molecule has 1 rings (SSSR count). The normalized spacial score (nSPS) is 11.8. The Bertz CT molecular complexity index is 536. The first-order valence-electron chi connectivity index (χ1n) is 6.99. The van der Waals surface area contributed by atoms with E-state index in [0.29, 0.717) is 13.1 Å². The molecule has 0 aromatic heterocycles. The molecule has 0 amide bonds. The summed E-state index contributed by atoms with van der Waals surface area (Å²) in [5.41, 5.74) is 0.730. The Hall–Kier alpha value is -0.630. The summed E-state index contributed by atoms with van der Waals surface area (Å²) in [6.07, 6.45) is 3.70. The summed E-state index contributed by atoms with van der Waals surface area (Å²) in [6, 6.07) is 4.23. The molecule has 0 heterocycles. The Morgan fingerprint density at radius 3 is 2.67 bits per heavy atom. The van der Waals surface area contributed by atoms with Crippen molar-refractivity contribution in [2.45, 2.75) is 31.2 Å². The van der Waals surface area contributed by atoms with Crippen molar-refractivity contribution in [2.75, 3.05) is 25.1 Å². The topological polar surface area (TPSA) is 58.2 Å². The van der Waals surface area contributed by atoms with E-state index in [1.165, 1.54) is 12.1 Å². The van der Waals surface area contributed by atoms with Gasteiger partial charge in [0.25, 0.3) is 0 Å². The summed E-state index contributed by atoms with van der Waals surface area (Å²) in [6.45, 7) is 3.59. The molecule has 7 heteroatoms. The molecule has 0 atom stereocenters. The van der Waals surface area contributed by atoms with Gasteiger partial charge in [0.15, 0.2) is 0 Å². The number of hydrogen-bond donors (Lipinski definition) is 2. The Morgan fingerprint density at radius 1 is 1.29 bits per heavy atom. The average Bonchev–Trinajstić information content (AvgIpc) is 2.44. The Morgan fingerprint density at radius 2 is 2.05 bits per heavy atom. The molecule has 0 spiro atoms. The third-order valence-electron chi connectivity index (χ3n) is 2.93. The van der Waals surface area contributed by atoms with E-state index in [1.54, 1.807) is 17.8 Å². The maximum atomic E-state index is 14.0. The third kappa shape index (κ3) is 6.34. The van der Waals surface area contributed by atoms with E-state index in [2.05, 4.69) is 10.0 Å². The molecular formula is C14H23FN2O2S2. The molecule has 1 aromatic rings. The first kappa shape index (κ1) is 18.4. The molecule has 0 saturated carbocycles. The monoisotopic (exact) mass is 334 g/mol. The number of halogens is 1. The summed E-state index contributed by atoms with van der Waals surface area (Å²) < 4.78 is 40.5. The van der Waals surface area contributed by atoms with Crippen molar-refractivity contribution in [2.24, 2.45) is 0 Å². The van der Waals surface area contributed by atoms with E-state index in [4.69, 9.17) is 0 Å². The van der Waals surface area contributed by atoms with Gasteiger partial charge < -0.3 is 5.32 Å². The summed E-state index contributed by atoms with van der Waals surface area (Å²) in [5, 5.41) is 3.07. The van der Waals surface area contributed by atoms with E-state index in [9.17, 15) is 12.8 Å². The summed E-state index contributed by atoms with van der Waals surface area (Å²) in [7, 11) is -3.77. The van der Waals surface area contributed by atoms with Gasteiger partial charge in [0, 0.05) is 13.1 Å². The van der Waals surface area contributed by atoms with Gasteiger partial charge in [-0.25, -0.2) is 17.5 Å². The molecule has 0 saturated heterocycles. The maximum absolute atomic E-state index is 14.0. The van der Waals surface area contributed by atoms with Gasteiger partial charge in [0.05, 0.1) is 0 Å². The van der Waals surface area contributed by atoms with Gasteiger partial charge >= 0.3 is 0 Å². The summed E-state index contributed by atoms with van der Waals surface area (Å²) in [5.74, 6) is 0.289. The first-order valence-corrected chi connectivity index (χ1v) is 9.86. The zero-order valence-corrected chi connectivity index (χ0v) is 14.1. The molecule has 0 aliphatic rings. The minimum absolute atomic E-state index is 0.285. The van der Waals surface area contributed by atoms with Gasteiger partial charge in [-0.1, -0.05) is 13.0 Å². The van der Waals surface area contributed by atoms with E-state index in [1.807, 2.05) is 13.2 Å². The fourth-order valence-corrected chi connectivity index (χ4v) is 3.42. The highest BCUT2D eigenvalue weighted by Gasteiger charge is 2.18. The smallest absolute Gasteiger partial charge is 0.243 e. The molecule has 0 aliphatic carbocycles. The molecule has 4 nitrogen and oxygen atoms in total. The van der Waals surface area contributed by atoms with Gasteiger partial charge in [-0.2, -0.15) is 11.8 Å². The van der Waals surface area contributed by atoms with Crippen molar-refractivity contribution in [3.05, 3.63) is 29.6 Å². The Balaban J connectivity index is 2.65. The predicted octanol–water partition coefficient (Wildman–Crippen LogP) is 2.36. The lowest BCUT2D eigenvalue weighted by Gasteiger charge is -2.09. The molecule has 0 unspecified atom stereocenters. The molecule has 1 aromatic carbocycles. The second-order valence-electron chi connectivity index (χ2n) is 4.64. The second-order valence-corrected chi connectivity index (χ2v) is 7.36. The number of nitrogens with one attached hydrogen (secondary N) is 2. The number of unbranched alkanes of at least 4 members (excludes halogenated alkanes) is 1. The molecule has 120 valence electrons. The second kappa shape index (κ2) is 9.40. The van der Waals surface area contributed by atoms with Gasteiger partial charge in [0.2, 0.25) is 10.0 Å². The van der Waals surface area contributed by atoms with Crippen LogP contribution in [-0.4, -0.2) is 33.5 Å². The van der Waals surface area contributed by atoms with Crippen LogP contribution in [-0.2, 0) is 16.6 Å². The van der Waals surface area contributed by atoms with E-state index < -0.39 is 15.8 Å². The molecule has 2 N–H and O–H groups in total. The zero-order chi connectivity index (χ0) is 15.7.